The molecule has 150 valence electrons. The van der Waals surface area contributed by atoms with Gasteiger partial charge in [0.2, 0.25) is 0 Å². The average Bonchev–Trinajstić information content (AvgIpc) is 2.66. The lowest BCUT2D eigenvalue weighted by atomic mass is 9.92. The fraction of sp³-hybridized carbons (Fsp3) is 0.273. The van der Waals surface area contributed by atoms with Crippen LogP contribution < -0.4 is 5.32 Å². The number of rotatable bonds is 5. The Morgan fingerprint density at radius 2 is 2.07 bits per heavy atom. The zero-order valence-electron chi connectivity index (χ0n) is 16.8. The summed E-state index contributed by atoms with van der Waals surface area (Å²) in [5.74, 6) is 0.0211. The molecule has 2 aromatic rings. The van der Waals surface area contributed by atoms with Crippen LogP contribution in [0.1, 0.15) is 35.8 Å². The van der Waals surface area contributed by atoms with Crippen molar-refractivity contribution in [1.82, 2.24) is 20.2 Å². The number of allylic oxidation sites excluding steroid dienone is 2. The third-order valence-electron chi connectivity index (χ3n) is 4.83. The summed E-state index contributed by atoms with van der Waals surface area (Å²) in [6.45, 7) is 9.29. The summed E-state index contributed by atoms with van der Waals surface area (Å²) >= 11 is 0. The number of amides is 1. The van der Waals surface area contributed by atoms with E-state index in [4.69, 9.17) is 0 Å². The van der Waals surface area contributed by atoms with Crippen molar-refractivity contribution in [1.29, 1.82) is 0 Å². The van der Waals surface area contributed by atoms with E-state index in [0.717, 1.165) is 24.6 Å². The molecule has 0 bridgehead atoms. The molecule has 3 rings (SSSR count). The number of likely N-dealkylation sites (tertiary alicyclic amines) is 1. The predicted molar refractivity (Wildman–Crippen MR) is 112 cm³/mol. The number of carbonyl (C=O) groups is 1. The quantitative estimate of drug-likeness (QED) is 0.479. The van der Waals surface area contributed by atoms with Gasteiger partial charge in [0, 0.05) is 44.0 Å². The molecule has 0 spiro atoms. The maximum atomic E-state index is 14.4. The number of carbonyl (C=O) groups excluding carboxylic acids is 1. The number of amidine groups is 1. The third kappa shape index (κ3) is 4.39. The largest absolute Gasteiger partial charge is 0.359 e. The van der Waals surface area contributed by atoms with E-state index in [1.54, 1.807) is 18.5 Å². The highest BCUT2D eigenvalue weighted by Gasteiger charge is 2.32. The van der Waals surface area contributed by atoms with Gasteiger partial charge >= 0.3 is 0 Å². The molecule has 0 unspecified atom stereocenters. The highest BCUT2D eigenvalue weighted by Crippen LogP contribution is 2.32. The van der Waals surface area contributed by atoms with Crippen LogP contribution >= 0.6 is 0 Å². The van der Waals surface area contributed by atoms with Gasteiger partial charge in [-0.15, -0.1) is 0 Å². The van der Waals surface area contributed by atoms with Crippen LogP contribution in [-0.2, 0) is 0 Å². The molecular weight excluding hydrogens is 369 g/mol. The lowest BCUT2D eigenvalue weighted by Gasteiger charge is -2.40. The molecule has 2 heterocycles. The van der Waals surface area contributed by atoms with Gasteiger partial charge in [0.1, 0.15) is 11.7 Å². The summed E-state index contributed by atoms with van der Waals surface area (Å²) in [5, 5.41) is 2.43. The molecule has 0 aliphatic carbocycles. The van der Waals surface area contributed by atoms with Crippen molar-refractivity contribution >= 4 is 11.7 Å². The predicted octanol–water partition coefficient (Wildman–Crippen LogP) is 3.55. The number of benzene rings is 1. The van der Waals surface area contributed by atoms with Crippen LogP contribution in [0.3, 0.4) is 0 Å². The van der Waals surface area contributed by atoms with Crippen molar-refractivity contribution in [2.75, 3.05) is 20.1 Å². The molecule has 6 nitrogen and oxygen atoms in total. The first-order valence-corrected chi connectivity index (χ1v) is 9.39. The first-order chi connectivity index (χ1) is 13.9. The van der Waals surface area contributed by atoms with Gasteiger partial charge in [0.05, 0.1) is 22.6 Å². The summed E-state index contributed by atoms with van der Waals surface area (Å²) in [6, 6.07) is 4.51. The Morgan fingerprint density at radius 3 is 2.72 bits per heavy atom. The maximum absolute atomic E-state index is 14.4. The zero-order valence-corrected chi connectivity index (χ0v) is 16.8. The number of hydrogen-bond donors (Lipinski definition) is 1. The van der Waals surface area contributed by atoms with Gasteiger partial charge in [-0.3, -0.25) is 14.8 Å². The summed E-state index contributed by atoms with van der Waals surface area (Å²) in [7, 11) is 1.47. The van der Waals surface area contributed by atoms with Crippen LogP contribution in [0.2, 0.25) is 0 Å². The number of aliphatic imine (C=N–C) groups is 1. The number of halogens is 1. The fourth-order valence-electron chi connectivity index (χ4n) is 3.28. The highest BCUT2D eigenvalue weighted by molar-refractivity contribution is 5.94. The van der Waals surface area contributed by atoms with E-state index < -0.39 is 11.7 Å². The minimum Gasteiger partial charge on any atom is -0.359 e. The third-order valence-corrected chi connectivity index (χ3v) is 4.83. The summed E-state index contributed by atoms with van der Waals surface area (Å²) in [5.41, 5.74) is 2.76. The lowest BCUT2D eigenvalue weighted by molar-refractivity contribution is 0.0959. The Hall–Kier alpha value is -3.35. The van der Waals surface area contributed by atoms with Gasteiger partial charge in [-0.1, -0.05) is 18.7 Å². The second-order valence-electron chi connectivity index (χ2n) is 6.82. The molecular formula is C22H24FN5O. The minimum atomic E-state index is -0.584. The van der Waals surface area contributed by atoms with Crippen molar-refractivity contribution in [3.05, 3.63) is 72.1 Å². The average molecular weight is 393 g/mol. The lowest BCUT2D eigenvalue weighted by Crippen LogP contribution is -2.48. The molecule has 1 aliphatic heterocycles. The second-order valence-corrected chi connectivity index (χ2v) is 6.82. The van der Waals surface area contributed by atoms with Gasteiger partial charge in [0.15, 0.2) is 0 Å². The Kier molecular flexibility index (Phi) is 6.16. The summed E-state index contributed by atoms with van der Waals surface area (Å²) in [4.78, 5) is 27.3. The van der Waals surface area contributed by atoms with E-state index in [-0.39, 0.29) is 11.5 Å². The molecule has 0 radical (unpaired) electrons. The Morgan fingerprint density at radius 1 is 1.34 bits per heavy atom. The molecule has 1 aromatic carbocycles. The fourth-order valence-corrected chi connectivity index (χ4v) is 3.28. The second kappa shape index (κ2) is 8.77. The van der Waals surface area contributed by atoms with Crippen LogP contribution in [0.15, 0.2) is 60.0 Å². The molecule has 0 saturated carbocycles. The van der Waals surface area contributed by atoms with Gasteiger partial charge in [-0.2, -0.15) is 0 Å². The van der Waals surface area contributed by atoms with Crippen molar-refractivity contribution in [2.24, 2.45) is 4.99 Å². The first-order valence-electron chi connectivity index (χ1n) is 9.39. The summed E-state index contributed by atoms with van der Waals surface area (Å²) in [6.07, 6.45) is 7.00. The molecule has 1 fully saturated rings. The normalized spacial score (nSPS) is 14.8. The van der Waals surface area contributed by atoms with Crippen molar-refractivity contribution in [2.45, 2.75) is 19.8 Å². The van der Waals surface area contributed by atoms with Crippen LogP contribution in [0.5, 0.6) is 0 Å². The molecule has 1 saturated heterocycles. The number of nitrogens with one attached hydrogen (secondary N) is 1. The van der Waals surface area contributed by atoms with E-state index in [2.05, 4.69) is 31.8 Å². The van der Waals surface area contributed by atoms with Gasteiger partial charge < -0.3 is 10.2 Å². The molecule has 1 amide bonds. The first kappa shape index (κ1) is 20.4. The van der Waals surface area contributed by atoms with Gasteiger partial charge in [0.25, 0.3) is 5.91 Å². The standard InChI is InChI=1S/C22H24FN5O/c1-5-6-14(2)27-15(3)28-12-17(13-28)21-20(25-9-10-26-21)16-7-8-18(19(23)11-16)22(29)24-4/h5-11,17H,2,12-13H2,1,3-4H3,(H,24,29). The summed E-state index contributed by atoms with van der Waals surface area (Å²) < 4.78 is 14.4. The molecule has 29 heavy (non-hydrogen) atoms. The Labute approximate surface area is 169 Å². The van der Waals surface area contributed by atoms with Crippen molar-refractivity contribution in [3.63, 3.8) is 0 Å². The van der Waals surface area contributed by atoms with Crippen LogP contribution in [0.25, 0.3) is 11.3 Å². The van der Waals surface area contributed by atoms with Crippen LogP contribution in [0.4, 0.5) is 4.39 Å². The van der Waals surface area contributed by atoms with Gasteiger partial charge in [-0.05, 0) is 32.1 Å². The smallest absolute Gasteiger partial charge is 0.253 e. The Bertz CT molecular complexity index is 992. The SMILES string of the molecule is C=C(C=CC)N=C(C)N1CC(c2nccnc2-c2ccc(C(=O)NC)c(F)c2)C1. The van der Waals surface area contributed by atoms with E-state index in [1.807, 2.05) is 26.0 Å². The van der Waals surface area contributed by atoms with Crippen molar-refractivity contribution < 1.29 is 9.18 Å². The molecule has 1 aromatic heterocycles. The van der Waals surface area contributed by atoms with Crippen molar-refractivity contribution in [3.8, 4) is 11.3 Å². The molecule has 1 aliphatic rings. The van der Waals surface area contributed by atoms with E-state index in [9.17, 15) is 9.18 Å². The van der Waals surface area contributed by atoms with Crippen LogP contribution in [-0.4, -0.2) is 46.7 Å². The molecule has 1 N–H and O–H groups in total. The molecule has 0 atom stereocenters. The number of aromatic nitrogens is 2. The maximum Gasteiger partial charge on any atom is 0.253 e. The van der Waals surface area contributed by atoms with E-state index in [1.165, 1.54) is 19.2 Å². The van der Waals surface area contributed by atoms with Crippen LogP contribution in [0, 0.1) is 5.82 Å². The van der Waals surface area contributed by atoms with E-state index >= 15 is 0 Å². The monoisotopic (exact) mass is 393 g/mol. The van der Waals surface area contributed by atoms with E-state index in [0.29, 0.717) is 17.0 Å². The minimum absolute atomic E-state index is 0.00436. The number of hydrogen-bond acceptors (Lipinski definition) is 4. The molecule has 7 heteroatoms. The topological polar surface area (TPSA) is 70.5 Å². The zero-order chi connectivity index (χ0) is 21.0. The highest BCUT2D eigenvalue weighted by atomic mass is 19.1. The Balaban J connectivity index is 1.80. The van der Waals surface area contributed by atoms with Gasteiger partial charge in [-0.25, -0.2) is 9.38 Å². The number of nitrogens with zero attached hydrogens (tertiary/aromatic N) is 4.